The number of methoxy groups -OCH3 is 1. The Morgan fingerprint density at radius 1 is 1.18 bits per heavy atom. The molecule has 2 aliphatic heterocycles. The van der Waals surface area contributed by atoms with Crippen LogP contribution in [-0.2, 0) is 16.1 Å². The highest BCUT2D eigenvalue weighted by Crippen LogP contribution is 2.35. The highest BCUT2D eigenvalue weighted by atomic mass is 32.2. The van der Waals surface area contributed by atoms with E-state index >= 15 is 0 Å². The topological polar surface area (TPSA) is 123 Å². The third kappa shape index (κ3) is 4.03. The van der Waals surface area contributed by atoms with Gasteiger partial charge < -0.3 is 19.8 Å². The summed E-state index contributed by atoms with van der Waals surface area (Å²) in [5.74, 6) is 0.725. The van der Waals surface area contributed by atoms with Crippen molar-refractivity contribution in [2.24, 2.45) is 0 Å². The number of thioether (sulfide) groups is 1. The molecule has 1 aromatic heterocycles. The van der Waals surface area contributed by atoms with Crippen LogP contribution < -0.4 is 26.2 Å². The van der Waals surface area contributed by atoms with Crippen molar-refractivity contribution in [3.63, 3.8) is 0 Å². The lowest BCUT2D eigenvalue weighted by Crippen LogP contribution is -2.35. The van der Waals surface area contributed by atoms with E-state index in [9.17, 15) is 19.2 Å². The maximum absolute atomic E-state index is 12.8. The predicted octanol–water partition coefficient (Wildman–Crippen LogP) is 2.55. The molecule has 0 unspecified atom stereocenters. The van der Waals surface area contributed by atoms with Crippen LogP contribution in [0.3, 0.4) is 0 Å². The molecule has 1 saturated heterocycles. The van der Waals surface area contributed by atoms with Crippen molar-refractivity contribution < 1.29 is 19.1 Å². The molecular weight excluding hydrogens is 460 g/mol. The Balaban J connectivity index is 1.26. The number of anilines is 2. The number of nitrogens with zero attached hydrogens (tertiary/aromatic N) is 2. The van der Waals surface area contributed by atoms with Crippen molar-refractivity contribution in [2.75, 3.05) is 29.6 Å². The number of hydrogen-bond donors (Lipinski definition) is 2. The number of cyclic esters (lactones) is 1. The van der Waals surface area contributed by atoms with Gasteiger partial charge >= 0.3 is 11.8 Å². The second-order valence-electron chi connectivity index (χ2n) is 8.05. The summed E-state index contributed by atoms with van der Waals surface area (Å²) in [5.41, 5.74) is 0.792. The highest BCUT2D eigenvalue weighted by Gasteiger charge is 2.32. The predicted molar refractivity (Wildman–Crippen MR) is 128 cm³/mol. The molecule has 2 amide bonds. The first-order valence-corrected chi connectivity index (χ1v) is 11.8. The van der Waals surface area contributed by atoms with E-state index < -0.39 is 17.3 Å². The molecule has 2 aliphatic rings. The molecule has 0 saturated carbocycles. The lowest BCUT2D eigenvalue weighted by molar-refractivity contribution is -0.113. The van der Waals surface area contributed by atoms with Gasteiger partial charge in [0.2, 0.25) is 5.91 Å². The molecule has 3 heterocycles. The molecule has 3 aromatic rings. The van der Waals surface area contributed by atoms with Gasteiger partial charge in [-0.1, -0.05) is 6.07 Å². The molecular formula is C23H22N4O6S. The number of H-pyrrole nitrogens is 1. The molecule has 0 bridgehead atoms. The van der Waals surface area contributed by atoms with Crippen LogP contribution in [0.25, 0.3) is 10.9 Å². The Kier molecular flexibility index (Phi) is 5.78. The SMILES string of the molecule is COc1cccc2c(=O)n(CCC[C@@H]3CN(c4ccc5c(c4)NC(=O)CS5)C(=O)O3)c(=O)[nH]c12. The summed E-state index contributed by atoms with van der Waals surface area (Å²) in [6.45, 7) is 0.538. The van der Waals surface area contributed by atoms with Crippen molar-refractivity contribution in [3.8, 4) is 5.75 Å². The summed E-state index contributed by atoms with van der Waals surface area (Å²) in [7, 11) is 1.48. The zero-order valence-electron chi connectivity index (χ0n) is 18.3. The molecule has 11 heteroatoms. The minimum Gasteiger partial charge on any atom is -0.495 e. The van der Waals surface area contributed by atoms with E-state index in [1.807, 2.05) is 12.1 Å². The zero-order valence-corrected chi connectivity index (χ0v) is 19.1. The van der Waals surface area contributed by atoms with Crippen molar-refractivity contribution in [1.82, 2.24) is 9.55 Å². The Hall–Kier alpha value is -3.73. The number of aromatic amines is 1. The van der Waals surface area contributed by atoms with Crippen LogP contribution in [0.1, 0.15) is 12.8 Å². The van der Waals surface area contributed by atoms with Crippen LogP contribution in [0, 0.1) is 0 Å². The maximum atomic E-state index is 12.8. The first kappa shape index (κ1) is 22.1. The molecule has 10 nitrogen and oxygen atoms in total. The molecule has 1 fully saturated rings. The van der Waals surface area contributed by atoms with E-state index in [-0.39, 0.29) is 18.6 Å². The van der Waals surface area contributed by atoms with Crippen LogP contribution in [0.4, 0.5) is 16.2 Å². The summed E-state index contributed by atoms with van der Waals surface area (Å²) in [5, 5.41) is 3.19. The molecule has 2 aromatic carbocycles. The Morgan fingerprint density at radius 3 is 2.85 bits per heavy atom. The van der Waals surface area contributed by atoms with Crippen LogP contribution in [-0.4, -0.2) is 47.1 Å². The number of rotatable bonds is 6. The van der Waals surface area contributed by atoms with Crippen LogP contribution in [0.5, 0.6) is 5.75 Å². The second-order valence-corrected chi connectivity index (χ2v) is 9.06. The van der Waals surface area contributed by atoms with E-state index in [1.54, 1.807) is 24.3 Å². The molecule has 0 radical (unpaired) electrons. The van der Waals surface area contributed by atoms with Crippen molar-refractivity contribution >= 4 is 46.0 Å². The van der Waals surface area contributed by atoms with Crippen molar-refractivity contribution in [1.29, 1.82) is 0 Å². The number of fused-ring (bicyclic) bond motifs is 2. The number of hydrogen-bond acceptors (Lipinski definition) is 7. The highest BCUT2D eigenvalue weighted by molar-refractivity contribution is 8.00. The monoisotopic (exact) mass is 482 g/mol. The first-order chi connectivity index (χ1) is 16.4. The lowest BCUT2D eigenvalue weighted by atomic mass is 10.1. The number of amides is 2. The number of ether oxygens (including phenoxy) is 2. The fourth-order valence-corrected chi connectivity index (χ4v) is 5.01. The minimum atomic E-state index is -0.513. The first-order valence-electron chi connectivity index (χ1n) is 10.8. The van der Waals surface area contributed by atoms with Gasteiger partial charge in [-0.15, -0.1) is 11.8 Å². The van der Waals surface area contributed by atoms with Gasteiger partial charge in [-0.2, -0.15) is 0 Å². The number of benzene rings is 2. The third-order valence-electron chi connectivity index (χ3n) is 5.89. The molecule has 34 heavy (non-hydrogen) atoms. The van der Waals surface area contributed by atoms with E-state index in [0.717, 1.165) is 9.46 Å². The fraction of sp³-hybridized carbons (Fsp3) is 0.304. The molecule has 176 valence electrons. The van der Waals surface area contributed by atoms with Gasteiger partial charge in [0.25, 0.3) is 5.56 Å². The smallest absolute Gasteiger partial charge is 0.414 e. The Labute approximate surface area is 197 Å². The molecule has 5 rings (SSSR count). The Morgan fingerprint density at radius 2 is 2.03 bits per heavy atom. The van der Waals surface area contributed by atoms with E-state index in [0.29, 0.717) is 53.2 Å². The van der Waals surface area contributed by atoms with Gasteiger partial charge in [0, 0.05) is 17.1 Å². The zero-order chi connectivity index (χ0) is 23.8. The van der Waals surface area contributed by atoms with Gasteiger partial charge in [-0.25, -0.2) is 9.59 Å². The summed E-state index contributed by atoms with van der Waals surface area (Å²) in [6, 6.07) is 10.5. The average Bonchev–Trinajstić information content (AvgIpc) is 3.20. The maximum Gasteiger partial charge on any atom is 0.414 e. The largest absolute Gasteiger partial charge is 0.495 e. The number of carbonyl (C=O) groups excluding carboxylic acids is 2. The second kappa shape index (κ2) is 8.90. The molecule has 2 N–H and O–H groups in total. The quantitative estimate of drug-likeness (QED) is 0.554. The number of nitrogens with one attached hydrogen (secondary N) is 2. The van der Waals surface area contributed by atoms with Crippen LogP contribution in [0.15, 0.2) is 50.9 Å². The summed E-state index contributed by atoms with van der Waals surface area (Å²) >= 11 is 1.45. The standard InChI is InChI=1S/C23H22N4O6S/c1-32-17-6-2-5-15-20(17)25-22(30)26(21(15)29)9-3-4-14-11-27(23(31)33-14)13-7-8-18-16(10-13)24-19(28)12-34-18/h2,5-8,10,14H,3-4,9,11-12H2,1H3,(H,24,28)(H,25,30)/t14-/m1/s1. The molecule has 1 atom stereocenters. The minimum absolute atomic E-state index is 0.0751. The van der Waals surface area contributed by atoms with Gasteiger partial charge in [0.15, 0.2) is 0 Å². The summed E-state index contributed by atoms with van der Waals surface area (Å²) in [6.07, 6.45) is 0.124. The Bertz CT molecular complexity index is 1410. The van der Waals surface area contributed by atoms with E-state index in [1.165, 1.54) is 23.8 Å². The summed E-state index contributed by atoms with van der Waals surface area (Å²) < 4.78 is 11.9. The van der Waals surface area contributed by atoms with Gasteiger partial charge in [0.1, 0.15) is 11.9 Å². The summed E-state index contributed by atoms with van der Waals surface area (Å²) in [4.78, 5) is 54.7. The van der Waals surface area contributed by atoms with Gasteiger partial charge in [-0.3, -0.25) is 19.1 Å². The normalized spacial score (nSPS) is 17.4. The van der Waals surface area contributed by atoms with Gasteiger partial charge in [0.05, 0.1) is 36.0 Å². The van der Waals surface area contributed by atoms with Crippen molar-refractivity contribution in [3.05, 3.63) is 57.2 Å². The average molecular weight is 483 g/mol. The lowest BCUT2D eigenvalue weighted by Gasteiger charge is -2.20. The fourth-order valence-electron chi connectivity index (χ4n) is 4.22. The number of para-hydroxylation sites is 1. The third-order valence-corrected chi connectivity index (χ3v) is 6.96. The van der Waals surface area contributed by atoms with Crippen LogP contribution >= 0.6 is 11.8 Å². The van der Waals surface area contributed by atoms with Crippen molar-refractivity contribution in [2.45, 2.75) is 30.4 Å². The van der Waals surface area contributed by atoms with E-state index in [4.69, 9.17) is 9.47 Å². The van der Waals surface area contributed by atoms with Crippen LogP contribution in [0.2, 0.25) is 0 Å². The van der Waals surface area contributed by atoms with E-state index in [2.05, 4.69) is 10.3 Å². The molecule has 0 aliphatic carbocycles. The van der Waals surface area contributed by atoms with Gasteiger partial charge in [-0.05, 0) is 43.2 Å². The molecule has 0 spiro atoms. The number of carbonyl (C=O) groups is 2. The number of aromatic nitrogens is 2.